The van der Waals surface area contributed by atoms with Crippen molar-refractivity contribution in [3.05, 3.63) is 0 Å². The van der Waals surface area contributed by atoms with Crippen LogP contribution >= 0.6 is 0 Å². The van der Waals surface area contributed by atoms with Crippen LogP contribution < -0.4 is 5.32 Å². The second-order valence-electron chi connectivity index (χ2n) is 2.02. The van der Waals surface area contributed by atoms with Crippen LogP contribution in [0.1, 0.15) is 19.8 Å². The summed E-state index contributed by atoms with van der Waals surface area (Å²) in [6.45, 7) is 3.05. The molecule has 0 radical (unpaired) electrons. The first-order chi connectivity index (χ1) is 4.93. The van der Waals surface area contributed by atoms with Gasteiger partial charge in [0, 0.05) is 6.54 Å². The van der Waals surface area contributed by atoms with E-state index < -0.39 is 0 Å². The maximum atomic E-state index is 3.73. The molecule has 0 aliphatic rings. The summed E-state index contributed by atoms with van der Waals surface area (Å²) in [5.41, 5.74) is 0. The summed E-state index contributed by atoms with van der Waals surface area (Å²) in [6, 6.07) is 0. The third kappa shape index (κ3) is 2.00. The monoisotopic (exact) mass is 141 g/mol. The first-order valence-electron chi connectivity index (χ1n) is 3.41. The number of hydrogen-bond acceptors (Lipinski definition) is 4. The van der Waals surface area contributed by atoms with Gasteiger partial charge < -0.3 is 5.32 Å². The third-order valence-corrected chi connectivity index (χ3v) is 1.16. The number of unbranched alkanes of at least 4 members (excludes halogenated alkanes) is 1. The van der Waals surface area contributed by atoms with Crippen molar-refractivity contribution in [1.82, 2.24) is 20.6 Å². The van der Waals surface area contributed by atoms with E-state index in [0.29, 0.717) is 5.95 Å². The Morgan fingerprint density at radius 3 is 3.10 bits per heavy atom. The topological polar surface area (TPSA) is 66.5 Å². The molecule has 0 saturated heterocycles. The summed E-state index contributed by atoms with van der Waals surface area (Å²) in [5.74, 6) is 0.577. The summed E-state index contributed by atoms with van der Waals surface area (Å²) in [4.78, 5) is 0. The number of H-pyrrole nitrogens is 1. The number of aromatic amines is 1. The number of hydrogen-bond donors (Lipinski definition) is 2. The van der Waals surface area contributed by atoms with Gasteiger partial charge in [0.25, 0.3) is 5.95 Å². The molecule has 2 N–H and O–H groups in total. The molecule has 1 heterocycles. The summed E-state index contributed by atoms with van der Waals surface area (Å²) in [6.07, 6.45) is 2.30. The van der Waals surface area contributed by atoms with E-state index in [1.165, 1.54) is 6.42 Å². The predicted molar refractivity (Wildman–Crippen MR) is 37.6 cm³/mol. The maximum absolute atomic E-state index is 3.73. The van der Waals surface area contributed by atoms with Gasteiger partial charge in [-0.1, -0.05) is 18.4 Å². The molecular weight excluding hydrogens is 130 g/mol. The van der Waals surface area contributed by atoms with Gasteiger partial charge >= 0.3 is 0 Å². The van der Waals surface area contributed by atoms with Gasteiger partial charge in [-0.2, -0.15) is 5.21 Å². The van der Waals surface area contributed by atoms with Crippen molar-refractivity contribution in [2.75, 3.05) is 11.9 Å². The highest BCUT2D eigenvalue weighted by Gasteiger charge is 1.92. The lowest BCUT2D eigenvalue weighted by molar-refractivity contribution is 0.827. The van der Waals surface area contributed by atoms with Crippen molar-refractivity contribution in [3.63, 3.8) is 0 Å². The van der Waals surface area contributed by atoms with Crippen LogP contribution in [0.5, 0.6) is 0 Å². The molecule has 5 nitrogen and oxygen atoms in total. The highest BCUT2D eigenvalue weighted by Crippen LogP contribution is 1.91. The Bertz CT molecular complexity index is 159. The molecular formula is C5H11N5. The lowest BCUT2D eigenvalue weighted by Gasteiger charge is -1.95. The van der Waals surface area contributed by atoms with E-state index >= 15 is 0 Å². The Labute approximate surface area is 59.2 Å². The van der Waals surface area contributed by atoms with E-state index in [9.17, 15) is 0 Å². The molecule has 10 heavy (non-hydrogen) atoms. The fraction of sp³-hybridized carbons (Fsp3) is 0.800. The second-order valence-corrected chi connectivity index (χ2v) is 2.02. The van der Waals surface area contributed by atoms with Crippen molar-refractivity contribution < 1.29 is 0 Å². The van der Waals surface area contributed by atoms with Crippen LogP contribution in [0.15, 0.2) is 0 Å². The highest BCUT2D eigenvalue weighted by atomic mass is 15.5. The summed E-state index contributed by atoms with van der Waals surface area (Å²) in [5, 5.41) is 16.2. The molecule has 0 unspecified atom stereocenters. The van der Waals surface area contributed by atoms with Crippen LogP contribution in [-0.4, -0.2) is 27.2 Å². The van der Waals surface area contributed by atoms with Crippen LogP contribution in [0.3, 0.4) is 0 Å². The Morgan fingerprint density at radius 2 is 2.50 bits per heavy atom. The van der Waals surface area contributed by atoms with E-state index in [-0.39, 0.29) is 0 Å². The Morgan fingerprint density at radius 1 is 1.60 bits per heavy atom. The molecule has 0 saturated carbocycles. The molecule has 0 aliphatic heterocycles. The average molecular weight is 141 g/mol. The molecule has 1 rings (SSSR count). The Balaban J connectivity index is 2.15. The molecule has 0 aromatic carbocycles. The lowest BCUT2D eigenvalue weighted by Crippen LogP contribution is -2.02. The molecule has 0 atom stereocenters. The third-order valence-electron chi connectivity index (χ3n) is 1.16. The van der Waals surface area contributed by atoms with Crippen molar-refractivity contribution in [3.8, 4) is 0 Å². The standard InChI is InChI=1S/C5H11N5/c1-2-3-4-6-5-7-9-10-8-5/h2-4H2,1H3,(H2,6,7,8,9,10). The number of nitrogens with one attached hydrogen (secondary N) is 2. The van der Waals surface area contributed by atoms with Crippen LogP contribution in [0.2, 0.25) is 0 Å². The first kappa shape index (κ1) is 6.98. The summed E-state index contributed by atoms with van der Waals surface area (Å²) in [7, 11) is 0. The number of tetrazole rings is 1. The van der Waals surface area contributed by atoms with Gasteiger partial charge in [0.1, 0.15) is 0 Å². The van der Waals surface area contributed by atoms with Crippen LogP contribution in [0, 0.1) is 0 Å². The molecule has 0 amide bonds. The molecule has 56 valence electrons. The Kier molecular flexibility index (Phi) is 2.66. The SMILES string of the molecule is CCCCNc1nn[nH]n1. The van der Waals surface area contributed by atoms with Crippen molar-refractivity contribution in [1.29, 1.82) is 0 Å². The van der Waals surface area contributed by atoms with Gasteiger partial charge in [-0.3, -0.25) is 0 Å². The lowest BCUT2D eigenvalue weighted by atomic mass is 10.3. The first-order valence-corrected chi connectivity index (χ1v) is 3.41. The number of nitrogens with zero attached hydrogens (tertiary/aromatic N) is 3. The second kappa shape index (κ2) is 3.81. The molecule has 5 heteroatoms. The van der Waals surface area contributed by atoms with E-state index in [0.717, 1.165) is 13.0 Å². The van der Waals surface area contributed by atoms with Gasteiger partial charge in [-0.05, 0) is 11.6 Å². The maximum Gasteiger partial charge on any atom is 0.263 e. The largest absolute Gasteiger partial charge is 0.352 e. The van der Waals surface area contributed by atoms with Gasteiger partial charge in [-0.25, -0.2) is 0 Å². The molecule has 0 aliphatic carbocycles. The Hall–Kier alpha value is -1.13. The molecule has 0 fully saturated rings. The quantitative estimate of drug-likeness (QED) is 0.596. The molecule has 1 aromatic heterocycles. The molecule has 1 aromatic rings. The van der Waals surface area contributed by atoms with Gasteiger partial charge in [0.15, 0.2) is 0 Å². The van der Waals surface area contributed by atoms with Gasteiger partial charge in [-0.15, -0.1) is 5.10 Å². The van der Waals surface area contributed by atoms with Crippen molar-refractivity contribution in [2.24, 2.45) is 0 Å². The van der Waals surface area contributed by atoms with E-state index in [2.05, 4.69) is 32.9 Å². The number of aromatic nitrogens is 4. The van der Waals surface area contributed by atoms with Crippen LogP contribution in [0.4, 0.5) is 5.95 Å². The van der Waals surface area contributed by atoms with Crippen molar-refractivity contribution >= 4 is 5.95 Å². The summed E-state index contributed by atoms with van der Waals surface area (Å²) < 4.78 is 0. The number of rotatable bonds is 4. The normalized spacial score (nSPS) is 9.70. The molecule has 0 bridgehead atoms. The van der Waals surface area contributed by atoms with Crippen LogP contribution in [-0.2, 0) is 0 Å². The van der Waals surface area contributed by atoms with Crippen LogP contribution in [0.25, 0.3) is 0 Å². The molecule has 0 spiro atoms. The zero-order valence-electron chi connectivity index (χ0n) is 5.96. The van der Waals surface area contributed by atoms with Crippen molar-refractivity contribution in [2.45, 2.75) is 19.8 Å². The number of anilines is 1. The van der Waals surface area contributed by atoms with E-state index in [1.807, 2.05) is 0 Å². The zero-order chi connectivity index (χ0) is 7.23. The minimum absolute atomic E-state index is 0.577. The van der Waals surface area contributed by atoms with Gasteiger partial charge in [0.2, 0.25) is 0 Å². The predicted octanol–water partition coefficient (Wildman–Crippen LogP) is 0.412. The smallest absolute Gasteiger partial charge is 0.263 e. The summed E-state index contributed by atoms with van der Waals surface area (Å²) >= 11 is 0. The van der Waals surface area contributed by atoms with E-state index in [4.69, 9.17) is 0 Å². The fourth-order valence-electron chi connectivity index (χ4n) is 0.614. The van der Waals surface area contributed by atoms with Gasteiger partial charge in [0.05, 0.1) is 0 Å². The zero-order valence-corrected chi connectivity index (χ0v) is 5.96. The minimum atomic E-state index is 0.577. The highest BCUT2D eigenvalue weighted by molar-refractivity contribution is 5.17. The fourth-order valence-corrected chi connectivity index (χ4v) is 0.614. The minimum Gasteiger partial charge on any atom is -0.352 e. The van der Waals surface area contributed by atoms with E-state index in [1.54, 1.807) is 0 Å². The average Bonchev–Trinajstić information content (AvgIpc) is 2.41.